The van der Waals surface area contributed by atoms with Gasteiger partial charge in [0.1, 0.15) is 12.4 Å². The Hall–Kier alpha value is -1.33. The van der Waals surface area contributed by atoms with Gasteiger partial charge in [-0.25, -0.2) is 5.84 Å². The van der Waals surface area contributed by atoms with Crippen molar-refractivity contribution in [3.05, 3.63) is 23.2 Å². The maximum atomic E-state index is 11.3. The number of carbonyl (C=O) groups is 1. The van der Waals surface area contributed by atoms with E-state index in [-0.39, 0.29) is 11.2 Å². The van der Waals surface area contributed by atoms with Crippen molar-refractivity contribution in [1.29, 1.82) is 0 Å². The largest absolute Gasteiger partial charge is 0.453 e. The van der Waals surface area contributed by atoms with Crippen LogP contribution in [0, 0.1) is 12.3 Å². The molecule has 1 amide bonds. The molecule has 5 nitrogen and oxygen atoms in total. The van der Waals surface area contributed by atoms with E-state index in [0.717, 1.165) is 12.0 Å². The normalized spacial score (nSPS) is 11.6. The van der Waals surface area contributed by atoms with Crippen LogP contribution in [0.2, 0.25) is 0 Å². The van der Waals surface area contributed by atoms with Crippen molar-refractivity contribution in [2.75, 3.05) is 6.61 Å². The van der Waals surface area contributed by atoms with Gasteiger partial charge in [-0.2, -0.15) is 0 Å². The summed E-state index contributed by atoms with van der Waals surface area (Å²) in [7, 11) is 0. The van der Waals surface area contributed by atoms with Gasteiger partial charge in [-0.3, -0.25) is 10.2 Å². The lowest BCUT2D eigenvalue weighted by atomic mass is 9.93. The molecule has 1 aromatic rings. The van der Waals surface area contributed by atoms with Gasteiger partial charge in [0.15, 0.2) is 5.76 Å². The predicted molar refractivity (Wildman–Crippen MR) is 68.8 cm³/mol. The second kappa shape index (κ2) is 6.02. The van der Waals surface area contributed by atoms with Crippen molar-refractivity contribution in [3.63, 3.8) is 0 Å². The van der Waals surface area contributed by atoms with Crippen molar-refractivity contribution < 1.29 is 13.9 Å². The van der Waals surface area contributed by atoms with E-state index in [1.807, 2.05) is 5.43 Å². The van der Waals surface area contributed by atoms with E-state index >= 15 is 0 Å². The number of nitrogens with two attached hydrogens (primary N) is 1. The van der Waals surface area contributed by atoms with Crippen LogP contribution in [0.5, 0.6) is 0 Å². The minimum absolute atomic E-state index is 0.243. The topological polar surface area (TPSA) is 77.5 Å². The molecule has 1 aromatic heterocycles. The Balaban J connectivity index is 2.47. The van der Waals surface area contributed by atoms with Crippen LogP contribution in [0.4, 0.5) is 0 Å². The third-order valence-electron chi connectivity index (χ3n) is 2.55. The Bertz CT molecular complexity index is 405. The highest BCUT2D eigenvalue weighted by molar-refractivity contribution is 5.92. The fourth-order valence-electron chi connectivity index (χ4n) is 1.46. The molecule has 102 valence electrons. The zero-order valence-electron chi connectivity index (χ0n) is 11.5. The lowest BCUT2D eigenvalue weighted by molar-refractivity contribution is 0.0808. The summed E-state index contributed by atoms with van der Waals surface area (Å²) >= 11 is 0. The number of nitrogens with one attached hydrogen (secondary N) is 1. The number of furan rings is 1. The summed E-state index contributed by atoms with van der Waals surface area (Å²) in [5.74, 6) is 5.52. The molecular formula is C13H22N2O3. The van der Waals surface area contributed by atoms with Crippen LogP contribution in [0.1, 0.15) is 49.1 Å². The van der Waals surface area contributed by atoms with Crippen molar-refractivity contribution in [1.82, 2.24) is 5.43 Å². The number of ether oxygens (including phenoxy) is 1. The summed E-state index contributed by atoms with van der Waals surface area (Å²) < 4.78 is 10.9. The molecule has 0 unspecified atom stereocenters. The molecule has 5 heteroatoms. The molecule has 0 bridgehead atoms. The second-order valence-electron chi connectivity index (χ2n) is 5.56. The van der Waals surface area contributed by atoms with Crippen LogP contribution in [-0.4, -0.2) is 12.5 Å². The number of hydrogen-bond donors (Lipinski definition) is 2. The number of aryl methyl sites for hydroxylation is 1. The molecule has 18 heavy (non-hydrogen) atoms. The average Bonchev–Trinajstić information content (AvgIpc) is 2.64. The summed E-state index contributed by atoms with van der Waals surface area (Å²) in [6.07, 6.45) is 0.975. The first-order valence-corrected chi connectivity index (χ1v) is 6.01. The maximum Gasteiger partial charge on any atom is 0.301 e. The molecule has 0 aliphatic heterocycles. The first kappa shape index (κ1) is 14.7. The summed E-state index contributed by atoms with van der Waals surface area (Å²) in [5.41, 5.74) is 3.06. The minimum atomic E-state index is -0.423. The van der Waals surface area contributed by atoms with E-state index in [4.69, 9.17) is 15.0 Å². The third-order valence-corrected chi connectivity index (χ3v) is 2.55. The van der Waals surface area contributed by atoms with Gasteiger partial charge >= 0.3 is 5.91 Å². The number of amides is 1. The number of carbonyl (C=O) groups excluding carboxylic acids is 1. The van der Waals surface area contributed by atoms with Gasteiger partial charge in [-0.1, -0.05) is 20.8 Å². The Morgan fingerprint density at radius 1 is 1.50 bits per heavy atom. The number of rotatable bonds is 5. The minimum Gasteiger partial charge on any atom is -0.453 e. The molecule has 3 N–H and O–H groups in total. The maximum absolute atomic E-state index is 11.3. The lowest BCUT2D eigenvalue weighted by Crippen LogP contribution is -2.30. The summed E-state index contributed by atoms with van der Waals surface area (Å²) in [4.78, 5) is 11.3. The fraction of sp³-hybridized carbons (Fsp3) is 0.615. The molecule has 0 aliphatic rings. The van der Waals surface area contributed by atoms with Crippen molar-refractivity contribution in [3.8, 4) is 0 Å². The predicted octanol–water partition coefficient (Wildman–Crippen LogP) is 2.14. The van der Waals surface area contributed by atoms with Crippen LogP contribution < -0.4 is 11.3 Å². The third kappa shape index (κ3) is 4.50. The van der Waals surface area contributed by atoms with Crippen molar-refractivity contribution >= 4 is 5.91 Å². The highest BCUT2D eigenvalue weighted by Crippen LogP contribution is 2.19. The Morgan fingerprint density at radius 2 is 2.17 bits per heavy atom. The summed E-state index contributed by atoms with van der Waals surface area (Å²) in [6, 6.07) is 1.79. The van der Waals surface area contributed by atoms with E-state index < -0.39 is 5.91 Å². The quantitative estimate of drug-likeness (QED) is 0.365. The molecule has 0 saturated heterocycles. The van der Waals surface area contributed by atoms with Gasteiger partial charge in [0.2, 0.25) is 0 Å². The molecule has 0 radical (unpaired) electrons. The van der Waals surface area contributed by atoms with E-state index in [1.54, 1.807) is 13.0 Å². The van der Waals surface area contributed by atoms with Crippen molar-refractivity contribution in [2.45, 2.75) is 40.7 Å². The Kier molecular flexibility index (Phi) is 4.93. The van der Waals surface area contributed by atoms with Crippen molar-refractivity contribution in [2.24, 2.45) is 11.3 Å². The molecule has 1 heterocycles. The number of nitrogen functional groups attached to an aromatic ring is 1. The van der Waals surface area contributed by atoms with Crippen LogP contribution in [0.15, 0.2) is 10.5 Å². The number of hydrogen-bond acceptors (Lipinski definition) is 4. The first-order valence-electron chi connectivity index (χ1n) is 6.01. The molecular weight excluding hydrogens is 232 g/mol. The molecule has 0 saturated carbocycles. The van der Waals surface area contributed by atoms with E-state index in [0.29, 0.717) is 19.0 Å². The monoisotopic (exact) mass is 254 g/mol. The van der Waals surface area contributed by atoms with Gasteiger partial charge in [0.25, 0.3) is 0 Å². The van der Waals surface area contributed by atoms with E-state index in [9.17, 15) is 4.79 Å². The van der Waals surface area contributed by atoms with Gasteiger partial charge < -0.3 is 9.15 Å². The van der Waals surface area contributed by atoms with Crippen LogP contribution in [-0.2, 0) is 11.3 Å². The molecule has 0 spiro atoms. The Morgan fingerprint density at radius 3 is 2.72 bits per heavy atom. The van der Waals surface area contributed by atoms with Gasteiger partial charge in [-0.15, -0.1) is 0 Å². The van der Waals surface area contributed by atoms with E-state index in [1.165, 1.54) is 0 Å². The smallest absolute Gasteiger partial charge is 0.301 e. The van der Waals surface area contributed by atoms with Gasteiger partial charge in [-0.05, 0) is 24.8 Å². The van der Waals surface area contributed by atoms with E-state index in [2.05, 4.69) is 20.8 Å². The Labute approximate surface area is 108 Å². The molecule has 1 rings (SSSR count). The molecule has 0 aromatic carbocycles. The van der Waals surface area contributed by atoms with Gasteiger partial charge in [0, 0.05) is 12.2 Å². The second-order valence-corrected chi connectivity index (χ2v) is 5.56. The highest BCUT2D eigenvalue weighted by atomic mass is 16.5. The lowest BCUT2D eigenvalue weighted by Gasteiger charge is -2.17. The highest BCUT2D eigenvalue weighted by Gasteiger charge is 2.15. The zero-order chi connectivity index (χ0) is 13.8. The van der Waals surface area contributed by atoms with Crippen LogP contribution in [0.3, 0.4) is 0 Å². The number of hydrazine groups is 1. The molecule has 0 fully saturated rings. The van der Waals surface area contributed by atoms with Crippen LogP contribution in [0.25, 0.3) is 0 Å². The molecule has 0 atom stereocenters. The molecule has 0 aliphatic carbocycles. The summed E-state index contributed by atoms with van der Waals surface area (Å²) in [6.45, 7) is 9.33. The zero-order valence-corrected chi connectivity index (χ0v) is 11.5. The average molecular weight is 254 g/mol. The van der Waals surface area contributed by atoms with Crippen LogP contribution >= 0.6 is 0 Å². The first-order chi connectivity index (χ1) is 8.33. The SMILES string of the molecule is Cc1cc(COCCC(C)(C)C)oc1C(=O)NN. The fourth-order valence-corrected chi connectivity index (χ4v) is 1.46. The summed E-state index contributed by atoms with van der Waals surface area (Å²) in [5, 5.41) is 0. The van der Waals surface area contributed by atoms with Gasteiger partial charge in [0.05, 0.1) is 0 Å². The standard InChI is InChI=1S/C13H22N2O3/c1-9-7-10(18-11(9)12(16)15-14)8-17-6-5-13(2,3)4/h7H,5-6,8,14H2,1-4H3,(H,15,16).